The molecule has 5 nitrogen and oxygen atoms in total. The second-order valence-corrected chi connectivity index (χ2v) is 5.91. The van der Waals surface area contributed by atoms with Gasteiger partial charge in [-0.3, -0.25) is 9.59 Å². The van der Waals surface area contributed by atoms with Gasteiger partial charge in [0.25, 0.3) is 0 Å². The monoisotopic (exact) mass is 309 g/mol. The SMILES string of the molecule is CC(C)C(C)(CN)NC(=O)CNC(=O)Cc1cccc(F)c1. The first-order valence-electron chi connectivity index (χ1n) is 7.29. The fourth-order valence-corrected chi connectivity index (χ4v) is 1.87. The van der Waals surface area contributed by atoms with Crippen LogP contribution in [-0.2, 0) is 16.0 Å². The zero-order valence-electron chi connectivity index (χ0n) is 13.3. The molecule has 0 heterocycles. The second kappa shape index (κ2) is 7.89. The Balaban J connectivity index is 2.45. The Hall–Kier alpha value is -1.95. The molecule has 0 bridgehead atoms. The van der Waals surface area contributed by atoms with Crippen molar-refractivity contribution < 1.29 is 14.0 Å². The molecule has 22 heavy (non-hydrogen) atoms. The van der Waals surface area contributed by atoms with E-state index in [1.54, 1.807) is 12.1 Å². The number of benzene rings is 1. The van der Waals surface area contributed by atoms with Gasteiger partial charge in [0.15, 0.2) is 0 Å². The molecule has 0 saturated heterocycles. The lowest BCUT2D eigenvalue weighted by Crippen LogP contribution is -2.56. The van der Waals surface area contributed by atoms with Gasteiger partial charge in [-0.2, -0.15) is 0 Å². The second-order valence-electron chi connectivity index (χ2n) is 5.91. The Morgan fingerprint density at radius 2 is 2.00 bits per heavy atom. The average Bonchev–Trinajstić information content (AvgIpc) is 2.45. The van der Waals surface area contributed by atoms with E-state index in [-0.39, 0.29) is 30.7 Å². The number of hydrogen-bond donors (Lipinski definition) is 3. The van der Waals surface area contributed by atoms with Crippen LogP contribution in [0.5, 0.6) is 0 Å². The van der Waals surface area contributed by atoms with Crippen molar-refractivity contribution in [1.82, 2.24) is 10.6 Å². The van der Waals surface area contributed by atoms with Crippen LogP contribution in [0.1, 0.15) is 26.3 Å². The van der Waals surface area contributed by atoms with Crippen LogP contribution in [0.2, 0.25) is 0 Å². The van der Waals surface area contributed by atoms with Crippen LogP contribution in [0, 0.1) is 11.7 Å². The van der Waals surface area contributed by atoms with Crippen LogP contribution in [0.15, 0.2) is 24.3 Å². The lowest BCUT2D eigenvalue weighted by atomic mass is 9.88. The number of carbonyl (C=O) groups is 2. The Morgan fingerprint density at radius 1 is 1.32 bits per heavy atom. The molecule has 1 aromatic carbocycles. The molecule has 0 aromatic heterocycles. The van der Waals surface area contributed by atoms with E-state index in [1.165, 1.54) is 12.1 Å². The molecule has 6 heteroatoms. The molecule has 1 atom stereocenters. The zero-order valence-corrected chi connectivity index (χ0v) is 13.3. The van der Waals surface area contributed by atoms with E-state index in [1.807, 2.05) is 20.8 Å². The van der Waals surface area contributed by atoms with E-state index in [0.717, 1.165) is 0 Å². The number of nitrogens with one attached hydrogen (secondary N) is 2. The van der Waals surface area contributed by atoms with Gasteiger partial charge in [0.1, 0.15) is 5.82 Å². The van der Waals surface area contributed by atoms with Crippen LogP contribution < -0.4 is 16.4 Å². The quantitative estimate of drug-likeness (QED) is 0.702. The van der Waals surface area contributed by atoms with Crippen molar-refractivity contribution in [1.29, 1.82) is 0 Å². The van der Waals surface area contributed by atoms with Crippen LogP contribution in [0.25, 0.3) is 0 Å². The van der Waals surface area contributed by atoms with Crippen molar-refractivity contribution in [2.24, 2.45) is 11.7 Å². The first-order chi connectivity index (χ1) is 10.3. The summed E-state index contributed by atoms with van der Waals surface area (Å²) < 4.78 is 13.0. The van der Waals surface area contributed by atoms with Crippen molar-refractivity contribution in [2.45, 2.75) is 32.7 Å². The third-order valence-corrected chi connectivity index (χ3v) is 3.82. The molecule has 4 N–H and O–H groups in total. The molecule has 0 aliphatic carbocycles. The summed E-state index contributed by atoms with van der Waals surface area (Å²) in [6, 6.07) is 5.81. The van der Waals surface area contributed by atoms with Gasteiger partial charge in [0.2, 0.25) is 11.8 Å². The smallest absolute Gasteiger partial charge is 0.239 e. The van der Waals surface area contributed by atoms with Gasteiger partial charge >= 0.3 is 0 Å². The summed E-state index contributed by atoms with van der Waals surface area (Å²) in [7, 11) is 0. The number of hydrogen-bond acceptors (Lipinski definition) is 3. The molecule has 0 saturated carbocycles. The number of rotatable bonds is 7. The van der Waals surface area contributed by atoms with Gasteiger partial charge in [-0.15, -0.1) is 0 Å². The maximum Gasteiger partial charge on any atom is 0.239 e. The summed E-state index contributed by atoms with van der Waals surface area (Å²) in [6.07, 6.45) is 0.0311. The van der Waals surface area contributed by atoms with Crippen molar-refractivity contribution in [3.63, 3.8) is 0 Å². The van der Waals surface area contributed by atoms with Gasteiger partial charge in [-0.05, 0) is 30.5 Å². The highest BCUT2D eigenvalue weighted by atomic mass is 19.1. The molecule has 1 unspecified atom stereocenters. The highest BCUT2D eigenvalue weighted by Gasteiger charge is 2.28. The molecule has 0 aliphatic rings. The van der Waals surface area contributed by atoms with Gasteiger partial charge in [0.05, 0.1) is 18.5 Å². The molecule has 1 rings (SSSR count). The van der Waals surface area contributed by atoms with Crippen LogP contribution in [0.3, 0.4) is 0 Å². The predicted octanol–water partition coefficient (Wildman–Crippen LogP) is 0.974. The van der Waals surface area contributed by atoms with E-state index < -0.39 is 11.4 Å². The Bertz CT molecular complexity index is 534. The number of nitrogens with two attached hydrogens (primary N) is 1. The molecule has 0 spiro atoms. The van der Waals surface area contributed by atoms with E-state index in [2.05, 4.69) is 10.6 Å². The lowest BCUT2D eigenvalue weighted by Gasteiger charge is -2.33. The molecule has 0 radical (unpaired) electrons. The van der Waals surface area contributed by atoms with Gasteiger partial charge in [-0.25, -0.2) is 4.39 Å². The van der Waals surface area contributed by atoms with Crippen molar-refractivity contribution in [3.05, 3.63) is 35.6 Å². The molecule has 122 valence electrons. The molecule has 0 fully saturated rings. The summed E-state index contributed by atoms with van der Waals surface area (Å²) >= 11 is 0. The first kappa shape index (κ1) is 18.1. The predicted molar refractivity (Wildman–Crippen MR) is 83.6 cm³/mol. The summed E-state index contributed by atoms with van der Waals surface area (Å²) in [5.74, 6) is -0.850. The standard InChI is InChI=1S/C16H24FN3O2/c1-11(2)16(3,10-18)20-15(22)9-19-14(21)8-12-5-4-6-13(17)7-12/h4-7,11H,8-10,18H2,1-3H3,(H,19,21)(H,20,22). The minimum absolute atomic E-state index is 0.0311. The van der Waals surface area contributed by atoms with Crippen molar-refractivity contribution in [2.75, 3.05) is 13.1 Å². The Morgan fingerprint density at radius 3 is 2.55 bits per heavy atom. The summed E-state index contributed by atoms with van der Waals surface area (Å²) in [5.41, 5.74) is 5.74. The molecule has 1 aromatic rings. The molecular weight excluding hydrogens is 285 g/mol. The van der Waals surface area contributed by atoms with E-state index in [9.17, 15) is 14.0 Å². The average molecular weight is 309 g/mol. The Kier molecular flexibility index (Phi) is 6.49. The van der Waals surface area contributed by atoms with Crippen molar-refractivity contribution >= 4 is 11.8 Å². The maximum absolute atomic E-state index is 13.0. The summed E-state index contributed by atoms with van der Waals surface area (Å²) in [6.45, 7) is 5.99. The Labute approximate surface area is 130 Å². The number of amides is 2. The minimum atomic E-state index is -0.510. The molecular formula is C16H24FN3O2. The maximum atomic E-state index is 13.0. The third kappa shape index (κ3) is 5.44. The topological polar surface area (TPSA) is 84.2 Å². The van der Waals surface area contributed by atoms with Crippen molar-refractivity contribution in [3.8, 4) is 0 Å². The third-order valence-electron chi connectivity index (χ3n) is 3.82. The summed E-state index contributed by atoms with van der Waals surface area (Å²) in [5, 5.41) is 5.35. The van der Waals surface area contributed by atoms with E-state index in [0.29, 0.717) is 12.1 Å². The highest BCUT2D eigenvalue weighted by Crippen LogP contribution is 2.14. The fraction of sp³-hybridized carbons (Fsp3) is 0.500. The van der Waals surface area contributed by atoms with Crippen LogP contribution in [-0.4, -0.2) is 30.4 Å². The number of carbonyl (C=O) groups excluding carboxylic acids is 2. The highest BCUT2D eigenvalue weighted by molar-refractivity contribution is 5.86. The summed E-state index contributed by atoms with van der Waals surface area (Å²) in [4.78, 5) is 23.7. The largest absolute Gasteiger partial charge is 0.348 e. The normalized spacial score (nSPS) is 13.5. The van der Waals surface area contributed by atoms with E-state index >= 15 is 0 Å². The first-order valence-corrected chi connectivity index (χ1v) is 7.29. The fourth-order valence-electron chi connectivity index (χ4n) is 1.87. The zero-order chi connectivity index (χ0) is 16.8. The molecule has 0 aliphatic heterocycles. The molecule has 2 amide bonds. The van der Waals surface area contributed by atoms with Crippen LogP contribution in [0.4, 0.5) is 4.39 Å². The van der Waals surface area contributed by atoms with Gasteiger partial charge < -0.3 is 16.4 Å². The number of halogens is 1. The van der Waals surface area contributed by atoms with Crippen LogP contribution >= 0.6 is 0 Å². The minimum Gasteiger partial charge on any atom is -0.348 e. The van der Waals surface area contributed by atoms with Gasteiger partial charge in [0, 0.05) is 6.54 Å². The van der Waals surface area contributed by atoms with E-state index in [4.69, 9.17) is 5.73 Å². The van der Waals surface area contributed by atoms with Gasteiger partial charge in [-0.1, -0.05) is 26.0 Å². The lowest BCUT2D eigenvalue weighted by molar-refractivity contribution is -0.127.